The van der Waals surface area contributed by atoms with Gasteiger partial charge in [0.2, 0.25) is 0 Å². The van der Waals surface area contributed by atoms with E-state index in [1.54, 1.807) is 6.20 Å². The lowest BCUT2D eigenvalue weighted by molar-refractivity contribution is 0.391. The highest BCUT2D eigenvalue weighted by Gasteiger charge is 2.08. The van der Waals surface area contributed by atoms with E-state index in [-0.39, 0.29) is 0 Å². The van der Waals surface area contributed by atoms with Crippen molar-refractivity contribution in [2.45, 2.75) is 20.4 Å². The minimum absolute atomic E-state index is 0.562. The Hall–Kier alpha value is -1.56. The number of rotatable bonds is 3. The van der Waals surface area contributed by atoms with E-state index in [4.69, 9.17) is 10.3 Å². The van der Waals surface area contributed by atoms with Crippen LogP contribution in [0.25, 0.3) is 0 Å². The maximum absolute atomic E-state index is 5.75. The van der Waals surface area contributed by atoms with Crippen LogP contribution in [-0.4, -0.2) is 10.1 Å². The van der Waals surface area contributed by atoms with E-state index in [1.807, 2.05) is 19.9 Å². The molecule has 0 spiro atoms. The van der Waals surface area contributed by atoms with E-state index in [1.165, 1.54) is 0 Å². The monoisotopic (exact) mass is 296 g/mol. The highest BCUT2D eigenvalue weighted by atomic mass is 79.9. The molecule has 2 aromatic rings. The number of aromatic nitrogens is 2. The zero-order valence-electron chi connectivity index (χ0n) is 9.62. The van der Waals surface area contributed by atoms with E-state index >= 15 is 0 Å². The summed E-state index contributed by atoms with van der Waals surface area (Å²) >= 11 is 3.46. The van der Waals surface area contributed by atoms with Crippen molar-refractivity contribution in [2.75, 3.05) is 11.1 Å². The van der Waals surface area contributed by atoms with Crippen LogP contribution in [0.15, 0.2) is 21.3 Å². The first-order chi connectivity index (χ1) is 8.08. The molecule has 0 bridgehead atoms. The minimum atomic E-state index is 0.562. The highest BCUT2D eigenvalue weighted by molar-refractivity contribution is 9.10. The molecule has 0 aliphatic carbocycles. The van der Waals surface area contributed by atoms with Gasteiger partial charge < -0.3 is 15.6 Å². The fraction of sp³-hybridized carbons (Fsp3) is 0.273. The summed E-state index contributed by atoms with van der Waals surface area (Å²) in [4.78, 5) is 4.22. The molecule has 2 heterocycles. The molecule has 0 unspecified atom stereocenters. The van der Waals surface area contributed by atoms with Crippen molar-refractivity contribution in [1.29, 1.82) is 0 Å². The Kier molecular flexibility index (Phi) is 3.33. The Balaban J connectivity index is 2.12. The number of hydrogen-bond donors (Lipinski definition) is 2. The lowest BCUT2D eigenvalue weighted by Gasteiger charge is -2.09. The molecule has 0 radical (unpaired) electrons. The summed E-state index contributed by atoms with van der Waals surface area (Å²) < 4.78 is 5.86. The fourth-order valence-electron chi connectivity index (χ4n) is 1.39. The first kappa shape index (κ1) is 11.9. The first-order valence-corrected chi connectivity index (χ1v) is 5.94. The van der Waals surface area contributed by atoms with Crippen molar-refractivity contribution in [1.82, 2.24) is 10.1 Å². The molecule has 17 heavy (non-hydrogen) atoms. The third-order valence-electron chi connectivity index (χ3n) is 2.42. The van der Waals surface area contributed by atoms with Gasteiger partial charge in [0, 0.05) is 6.07 Å². The van der Waals surface area contributed by atoms with Crippen LogP contribution in [0.1, 0.15) is 17.0 Å². The van der Waals surface area contributed by atoms with Crippen molar-refractivity contribution >= 4 is 27.4 Å². The number of nitrogens with one attached hydrogen (secondary N) is 1. The van der Waals surface area contributed by atoms with Gasteiger partial charge >= 0.3 is 0 Å². The van der Waals surface area contributed by atoms with E-state index < -0.39 is 0 Å². The third kappa shape index (κ3) is 2.58. The number of pyridine rings is 1. The quantitative estimate of drug-likeness (QED) is 0.910. The van der Waals surface area contributed by atoms with Crippen LogP contribution < -0.4 is 11.1 Å². The average Bonchev–Trinajstić information content (AvgIpc) is 2.71. The van der Waals surface area contributed by atoms with Gasteiger partial charge in [0.25, 0.3) is 0 Å². The molecule has 0 fully saturated rings. The summed E-state index contributed by atoms with van der Waals surface area (Å²) in [6.45, 7) is 4.36. The number of halogens is 1. The number of anilines is 2. The Morgan fingerprint density at radius 2 is 2.24 bits per heavy atom. The molecule has 2 aromatic heterocycles. The zero-order valence-corrected chi connectivity index (χ0v) is 11.2. The van der Waals surface area contributed by atoms with Crippen molar-refractivity contribution in [3.63, 3.8) is 0 Å². The van der Waals surface area contributed by atoms with Gasteiger partial charge in [-0.25, -0.2) is 4.98 Å². The van der Waals surface area contributed by atoms with Crippen LogP contribution in [0, 0.1) is 13.8 Å². The number of nitrogen functional groups attached to an aromatic ring is 1. The molecule has 5 nitrogen and oxygen atoms in total. The normalized spacial score (nSPS) is 10.5. The summed E-state index contributed by atoms with van der Waals surface area (Å²) in [7, 11) is 0. The molecular formula is C11H13BrN4O. The van der Waals surface area contributed by atoms with Gasteiger partial charge in [0.1, 0.15) is 17.3 Å². The van der Waals surface area contributed by atoms with Crippen molar-refractivity contribution < 1.29 is 4.52 Å². The molecule has 0 aliphatic rings. The number of aryl methyl sites for hydroxylation is 1. The summed E-state index contributed by atoms with van der Waals surface area (Å²) in [6.07, 6.45) is 1.64. The second-order valence-electron chi connectivity index (χ2n) is 3.78. The summed E-state index contributed by atoms with van der Waals surface area (Å²) in [5.74, 6) is 1.54. The Labute approximate surface area is 108 Å². The molecule has 2 rings (SSSR count). The second-order valence-corrected chi connectivity index (χ2v) is 4.58. The van der Waals surface area contributed by atoms with Crippen LogP contribution in [-0.2, 0) is 6.54 Å². The van der Waals surface area contributed by atoms with E-state index in [2.05, 4.69) is 31.4 Å². The standard InChI is InChI=1S/C11H13BrN4O/c1-6-3-8(16-17-6)4-14-11-10(12)7(2)9(13)5-15-11/h3,5H,4,13H2,1-2H3,(H,14,15). The Bertz CT molecular complexity index is 538. The summed E-state index contributed by atoms with van der Waals surface area (Å²) in [5.41, 5.74) is 8.23. The van der Waals surface area contributed by atoms with Gasteiger partial charge in [-0.2, -0.15) is 0 Å². The largest absolute Gasteiger partial charge is 0.397 e. The molecule has 6 heteroatoms. The molecule has 0 atom stereocenters. The number of nitrogens with zero attached hydrogens (tertiary/aromatic N) is 2. The Morgan fingerprint density at radius 3 is 2.88 bits per heavy atom. The lowest BCUT2D eigenvalue weighted by atomic mass is 10.2. The van der Waals surface area contributed by atoms with Crippen molar-refractivity contribution in [3.8, 4) is 0 Å². The maximum atomic E-state index is 5.75. The number of nitrogens with two attached hydrogens (primary N) is 1. The second kappa shape index (κ2) is 4.75. The van der Waals surface area contributed by atoms with Crippen molar-refractivity contribution in [2.24, 2.45) is 0 Å². The van der Waals surface area contributed by atoms with Crippen LogP contribution >= 0.6 is 15.9 Å². The molecule has 0 aromatic carbocycles. The van der Waals surface area contributed by atoms with E-state index in [9.17, 15) is 0 Å². The smallest absolute Gasteiger partial charge is 0.141 e. The van der Waals surface area contributed by atoms with Gasteiger partial charge in [0.05, 0.1) is 22.9 Å². The van der Waals surface area contributed by atoms with Crippen LogP contribution in [0.3, 0.4) is 0 Å². The molecule has 0 saturated carbocycles. The molecule has 0 aliphatic heterocycles. The maximum Gasteiger partial charge on any atom is 0.141 e. The van der Waals surface area contributed by atoms with Crippen LogP contribution in [0.2, 0.25) is 0 Å². The molecule has 3 N–H and O–H groups in total. The molecular weight excluding hydrogens is 284 g/mol. The van der Waals surface area contributed by atoms with Crippen molar-refractivity contribution in [3.05, 3.63) is 33.8 Å². The van der Waals surface area contributed by atoms with Crippen LogP contribution in [0.5, 0.6) is 0 Å². The highest BCUT2D eigenvalue weighted by Crippen LogP contribution is 2.27. The fourth-order valence-corrected chi connectivity index (χ4v) is 1.86. The SMILES string of the molecule is Cc1cc(CNc2ncc(N)c(C)c2Br)no1. The van der Waals surface area contributed by atoms with Crippen LogP contribution in [0.4, 0.5) is 11.5 Å². The van der Waals surface area contributed by atoms with Gasteiger partial charge in [-0.05, 0) is 35.3 Å². The summed E-state index contributed by atoms with van der Waals surface area (Å²) in [5, 5.41) is 7.07. The first-order valence-electron chi connectivity index (χ1n) is 5.14. The predicted molar refractivity (Wildman–Crippen MR) is 69.7 cm³/mol. The van der Waals surface area contributed by atoms with E-state index in [0.29, 0.717) is 12.2 Å². The van der Waals surface area contributed by atoms with E-state index in [0.717, 1.165) is 27.3 Å². The molecule has 0 amide bonds. The van der Waals surface area contributed by atoms with Gasteiger partial charge in [-0.15, -0.1) is 0 Å². The third-order valence-corrected chi connectivity index (χ3v) is 3.39. The minimum Gasteiger partial charge on any atom is -0.397 e. The topological polar surface area (TPSA) is 77.0 Å². The number of hydrogen-bond acceptors (Lipinski definition) is 5. The Morgan fingerprint density at radius 1 is 1.47 bits per heavy atom. The van der Waals surface area contributed by atoms with Gasteiger partial charge in [-0.3, -0.25) is 0 Å². The average molecular weight is 297 g/mol. The van der Waals surface area contributed by atoms with Gasteiger partial charge in [-0.1, -0.05) is 5.16 Å². The molecule has 90 valence electrons. The molecule has 0 saturated heterocycles. The van der Waals surface area contributed by atoms with Gasteiger partial charge in [0.15, 0.2) is 0 Å². The zero-order chi connectivity index (χ0) is 12.4. The summed E-state index contributed by atoms with van der Waals surface area (Å²) in [6, 6.07) is 1.88. The lowest BCUT2D eigenvalue weighted by Crippen LogP contribution is -2.04. The predicted octanol–water partition coefficient (Wildman–Crippen LogP) is 2.64.